The maximum absolute atomic E-state index is 12.4. The summed E-state index contributed by atoms with van der Waals surface area (Å²) in [5, 5.41) is 3.07. The van der Waals surface area contributed by atoms with Crippen molar-refractivity contribution in [2.45, 2.75) is 20.0 Å². The van der Waals surface area contributed by atoms with E-state index >= 15 is 0 Å². The van der Waals surface area contributed by atoms with Crippen molar-refractivity contribution in [3.8, 4) is 17.2 Å². The van der Waals surface area contributed by atoms with Gasteiger partial charge in [0.25, 0.3) is 5.91 Å². The number of hydrogen-bond acceptors (Lipinski definition) is 6. The summed E-state index contributed by atoms with van der Waals surface area (Å²) < 4.78 is 21.1. The molecule has 150 valence electrons. The van der Waals surface area contributed by atoms with Crippen molar-refractivity contribution in [3.63, 3.8) is 0 Å². The number of nitrogens with one attached hydrogen (secondary N) is 1. The fourth-order valence-corrected chi connectivity index (χ4v) is 2.54. The Labute approximate surface area is 168 Å². The molecule has 0 bridgehead atoms. The SMILES string of the molecule is CCOc1cc(C(=O)O[C@@H](C)C(=O)Nc2cc(Cl)ccc2OC)ccc1OC. The number of carbonyl (C=O) groups excluding carboxylic acids is 2. The average Bonchev–Trinajstić information content (AvgIpc) is 2.68. The third-order valence-electron chi connectivity index (χ3n) is 3.77. The number of ether oxygens (including phenoxy) is 4. The summed E-state index contributed by atoms with van der Waals surface area (Å²) in [5.41, 5.74) is 0.621. The van der Waals surface area contributed by atoms with E-state index in [0.29, 0.717) is 34.6 Å². The molecule has 0 radical (unpaired) electrons. The van der Waals surface area contributed by atoms with Crippen molar-refractivity contribution < 1.29 is 28.5 Å². The molecular formula is C20H22ClNO6. The van der Waals surface area contributed by atoms with Gasteiger partial charge in [0.2, 0.25) is 0 Å². The largest absolute Gasteiger partial charge is 0.495 e. The molecule has 0 fully saturated rings. The predicted octanol–water partition coefficient (Wildman–Crippen LogP) is 3.94. The number of hydrogen-bond donors (Lipinski definition) is 1. The Morgan fingerprint density at radius 2 is 1.71 bits per heavy atom. The van der Waals surface area contributed by atoms with Crippen LogP contribution in [-0.4, -0.2) is 38.8 Å². The molecule has 7 nitrogen and oxygen atoms in total. The average molecular weight is 408 g/mol. The van der Waals surface area contributed by atoms with Gasteiger partial charge in [-0.1, -0.05) is 11.6 Å². The molecule has 2 aromatic carbocycles. The predicted molar refractivity (Wildman–Crippen MR) is 106 cm³/mol. The Balaban J connectivity index is 2.08. The quantitative estimate of drug-likeness (QED) is 0.667. The van der Waals surface area contributed by atoms with Gasteiger partial charge in [-0.3, -0.25) is 4.79 Å². The van der Waals surface area contributed by atoms with Gasteiger partial charge in [-0.05, 0) is 50.2 Å². The molecule has 2 aromatic rings. The molecular weight excluding hydrogens is 386 g/mol. The Hall–Kier alpha value is -2.93. The minimum absolute atomic E-state index is 0.240. The van der Waals surface area contributed by atoms with E-state index in [2.05, 4.69) is 5.32 Å². The van der Waals surface area contributed by atoms with Gasteiger partial charge in [-0.15, -0.1) is 0 Å². The first kappa shape index (κ1) is 21.4. The van der Waals surface area contributed by atoms with Gasteiger partial charge in [-0.25, -0.2) is 4.79 Å². The number of rotatable bonds is 8. The highest BCUT2D eigenvalue weighted by Crippen LogP contribution is 2.29. The van der Waals surface area contributed by atoms with Crippen LogP contribution in [0.1, 0.15) is 24.2 Å². The standard InChI is InChI=1S/C20H22ClNO6/c1-5-27-18-10-13(6-8-17(18)26-4)20(24)28-12(2)19(23)22-15-11-14(21)7-9-16(15)25-3/h6-12H,5H2,1-4H3,(H,22,23)/t12-/m0/s1. The van der Waals surface area contributed by atoms with Gasteiger partial charge < -0.3 is 24.3 Å². The zero-order valence-electron chi connectivity index (χ0n) is 16.1. The summed E-state index contributed by atoms with van der Waals surface area (Å²) in [6.07, 6.45) is -1.05. The zero-order valence-corrected chi connectivity index (χ0v) is 16.8. The molecule has 0 aromatic heterocycles. The monoisotopic (exact) mass is 407 g/mol. The van der Waals surface area contributed by atoms with E-state index in [0.717, 1.165) is 0 Å². The van der Waals surface area contributed by atoms with Crippen molar-refractivity contribution in [3.05, 3.63) is 47.0 Å². The molecule has 0 unspecified atom stereocenters. The minimum atomic E-state index is -1.05. The minimum Gasteiger partial charge on any atom is -0.495 e. The van der Waals surface area contributed by atoms with Crippen LogP contribution in [0.4, 0.5) is 5.69 Å². The lowest BCUT2D eigenvalue weighted by Crippen LogP contribution is -2.30. The van der Waals surface area contributed by atoms with Crippen LogP contribution in [0.25, 0.3) is 0 Å². The number of esters is 1. The third-order valence-corrected chi connectivity index (χ3v) is 4.01. The number of benzene rings is 2. The number of amides is 1. The Morgan fingerprint density at radius 1 is 1.04 bits per heavy atom. The lowest BCUT2D eigenvalue weighted by atomic mass is 10.2. The summed E-state index contributed by atoms with van der Waals surface area (Å²) >= 11 is 5.95. The fraction of sp³-hybridized carbons (Fsp3) is 0.300. The van der Waals surface area contributed by atoms with Crippen molar-refractivity contribution in [2.24, 2.45) is 0 Å². The summed E-state index contributed by atoms with van der Waals surface area (Å²) in [6.45, 7) is 3.70. The lowest BCUT2D eigenvalue weighted by molar-refractivity contribution is -0.123. The number of carbonyl (C=O) groups is 2. The van der Waals surface area contributed by atoms with Gasteiger partial charge in [0.15, 0.2) is 17.6 Å². The summed E-state index contributed by atoms with van der Waals surface area (Å²) in [6, 6.07) is 9.46. The highest BCUT2D eigenvalue weighted by molar-refractivity contribution is 6.31. The van der Waals surface area contributed by atoms with Crippen LogP contribution in [0.2, 0.25) is 5.02 Å². The van der Waals surface area contributed by atoms with Crippen LogP contribution >= 0.6 is 11.6 Å². The van der Waals surface area contributed by atoms with Crippen LogP contribution in [0.15, 0.2) is 36.4 Å². The highest BCUT2D eigenvalue weighted by Gasteiger charge is 2.21. The fourth-order valence-electron chi connectivity index (χ4n) is 2.37. The molecule has 0 saturated carbocycles. The van der Waals surface area contributed by atoms with Gasteiger partial charge in [-0.2, -0.15) is 0 Å². The van der Waals surface area contributed by atoms with E-state index in [1.165, 1.54) is 33.3 Å². The van der Waals surface area contributed by atoms with Gasteiger partial charge in [0, 0.05) is 5.02 Å². The lowest BCUT2D eigenvalue weighted by Gasteiger charge is -2.16. The van der Waals surface area contributed by atoms with Gasteiger partial charge in [0.05, 0.1) is 32.1 Å². The first-order valence-corrected chi connectivity index (χ1v) is 8.93. The molecule has 8 heteroatoms. The molecule has 0 saturated heterocycles. The molecule has 0 heterocycles. The zero-order chi connectivity index (χ0) is 20.7. The van der Waals surface area contributed by atoms with Crippen molar-refractivity contribution >= 4 is 29.2 Å². The second kappa shape index (κ2) is 9.85. The smallest absolute Gasteiger partial charge is 0.339 e. The summed E-state index contributed by atoms with van der Waals surface area (Å²) in [7, 11) is 2.98. The molecule has 1 amide bonds. The van der Waals surface area contributed by atoms with Gasteiger partial charge >= 0.3 is 5.97 Å². The van der Waals surface area contributed by atoms with Crippen molar-refractivity contribution in [1.82, 2.24) is 0 Å². The second-order valence-electron chi connectivity index (χ2n) is 5.68. The van der Waals surface area contributed by atoms with E-state index in [-0.39, 0.29) is 5.56 Å². The first-order chi connectivity index (χ1) is 13.4. The highest BCUT2D eigenvalue weighted by atomic mass is 35.5. The summed E-state index contributed by atoms with van der Waals surface area (Å²) in [5.74, 6) is 0.169. The normalized spacial score (nSPS) is 11.3. The Morgan fingerprint density at radius 3 is 2.36 bits per heavy atom. The van der Waals surface area contributed by atoms with Crippen LogP contribution in [0.3, 0.4) is 0 Å². The molecule has 1 atom stereocenters. The molecule has 28 heavy (non-hydrogen) atoms. The molecule has 0 aliphatic heterocycles. The van der Waals surface area contributed by atoms with Crippen LogP contribution in [-0.2, 0) is 9.53 Å². The maximum Gasteiger partial charge on any atom is 0.339 e. The molecule has 1 N–H and O–H groups in total. The third kappa shape index (κ3) is 5.29. The van der Waals surface area contributed by atoms with E-state index < -0.39 is 18.0 Å². The molecule has 0 aliphatic carbocycles. The van der Waals surface area contributed by atoms with Crippen LogP contribution in [0.5, 0.6) is 17.2 Å². The number of anilines is 1. The van der Waals surface area contributed by atoms with E-state index in [9.17, 15) is 9.59 Å². The Kier molecular flexibility index (Phi) is 7.52. The van der Waals surface area contributed by atoms with Crippen LogP contribution < -0.4 is 19.5 Å². The van der Waals surface area contributed by atoms with Crippen molar-refractivity contribution in [1.29, 1.82) is 0 Å². The summed E-state index contributed by atoms with van der Waals surface area (Å²) in [4.78, 5) is 24.8. The van der Waals surface area contributed by atoms with E-state index in [1.807, 2.05) is 6.92 Å². The van der Waals surface area contributed by atoms with E-state index in [1.54, 1.807) is 24.3 Å². The second-order valence-corrected chi connectivity index (χ2v) is 6.12. The molecule has 2 rings (SSSR count). The maximum atomic E-state index is 12.4. The topological polar surface area (TPSA) is 83.1 Å². The first-order valence-electron chi connectivity index (χ1n) is 8.55. The van der Waals surface area contributed by atoms with E-state index in [4.69, 9.17) is 30.5 Å². The number of halogens is 1. The van der Waals surface area contributed by atoms with Gasteiger partial charge in [0.1, 0.15) is 5.75 Å². The molecule has 0 aliphatic rings. The number of methoxy groups -OCH3 is 2. The van der Waals surface area contributed by atoms with Crippen molar-refractivity contribution in [2.75, 3.05) is 26.1 Å². The van der Waals surface area contributed by atoms with Crippen LogP contribution in [0, 0.1) is 0 Å². The molecule has 0 spiro atoms. The Bertz CT molecular complexity index is 855.